The highest BCUT2D eigenvalue weighted by Gasteiger charge is 2.12. The predicted octanol–water partition coefficient (Wildman–Crippen LogP) is -1.81. The van der Waals surface area contributed by atoms with Crippen LogP contribution in [0.3, 0.4) is 0 Å². The average Bonchev–Trinajstić information content (AvgIpc) is 2.00. The monoisotopic (exact) mass is 194 g/mol. The van der Waals surface area contributed by atoms with E-state index in [1.54, 1.807) is 0 Å². The van der Waals surface area contributed by atoms with Crippen molar-refractivity contribution in [1.29, 1.82) is 0 Å². The summed E-state index contributed by atoms with van der Waals surface area (Å²) in [6, 6.07) is -0.817. The molecule has 0 fully saturated rings. The molecule has 0 aromatic rings. The highest BCUT2D eigenvalue weighted by atomic mass is 32.2. The van der Waals surface area contributed by atoms with Crippen LogP contribution in [0.2, 0.25) is 0 Å². The molecular formula is C6H14N2O3S. The molecule has 0 radical (unpaired) electrons. The molecule has 6 heteroatoms. The summed E-state index contributed by atoms with van der Waals surface area (Å²) in [7, 11) is 0.398. The molecule has 2 atom stereocenters. The second-order valence-corrected chi connectivity index (χ2v) is 3.93. The summed E-state index contributed by atoms with van der Waals surface area (Å²) < 4.78 is 15.8. The number of hydrogen-bond acceptors (Lipinski definition) is 4. The number of carbonyl (C=O) groups is 1. The van der Waals surface area contributed by atoms with Crippen molar-refractivity contribution in [2.75, 3.05) is 25.2 Å². The number of carbonyl (C=O) groups excluding carboxylic acids is 1. The minimum absolute atomic E-state index is 0.110. The molecule has 0 heterocycles. The molecule has 0 aromatic carbocycles. The molecule has 0 aliphatic heterocycles. The van der Waals surface area contributed by atoms with E-state index in [1.807, 2.05) is 0 Å². The zero-order valence-corrected chi connectivity index (χ0v) is 7.80. The molecule has 0 aromatic heterocycles. The Balaban J connectivity index is 3.61. The second-order valence-electron chi connectivity index (χ2n) is 2.31. The number of primary amides is 1. The Morgan fingerprint density at radius 2 is 2.25 bits per heavy atom. The standard InChI is InChI=1S/C6H14N2O3S/c1-11-2-3-12(10)4-5(7)6(8)9/h5H,2-4,7H2,1H3,(H2,8,9). The van der Waals surface area contributed by atoms with E-state index in [9.17, 15) is 9.00 Å². The minimum atomic E-state index is -1.12. The summed E-state index contributed by atoms with van der Waals surface area (Å²) in [5.41, 5.74) is 10.2. The highest BCUT2D eigenvalue weighted by molar-refractivity contribution is 7.85. The minimum Gasteiger partial charge on any atom is -0.384 e. The van der Waals surface area contributed by atoms with Crippen molar-refractivity contribution in [1.82, 2.24) is 0 Å². The van der Waals surface area contributed by atoms with E-state index in [-0.39, 0.29) is 5.75 Å². The molecule has 1 amide bonds. The smallest absolute Gasteiger partial charge is 0.235 e. The maximum Gasteiger partial charge on any atom is 0.235 e. The van der Waals surface area contributed by atoms with Gasteiger partial charge in [-0.2, -0.15) is 0 Å². The van der Waals surface area contributed by atoms with Crippen molar-refractivity contribution in [2.45, 2.75) is 6.04 Å². The van der Waals surface area contributed by atoms with Crippen molar-refractivity contribution in [3.05, 3.63) is 0 Å². The van der Waals surface area contributed by atoms with E-state index in [2.05, 4.69) is 0 Å². The first-order chi connectivity index (χ1) is 5.57. The van der Waals surface area contributed by atoms with E-state index in [0.717, 1.165) is 0 Å². The van der Waals surface area contributed by atoms with E-state index in [0.29, 0.717) is 12.4 Å². The lowest BCUT2D eigenvalue weighted by Gasteiger charge is -2.06. The van der Waals surface area contributed by atoms with Crippen LogP contribution < -0.4 is 11.5 Å². The van der Waals surface area contributed by atoms with Crippen LogP contribution in [0.4, 0.5) is 0 Å². The molecule has 4 N–H and O–H groups in total. The molecular weight excluding hydrogens is 180 g/mol. The lowest BCUT2D eigenvalue weighted by Crippen LogP contribution is -2.41. The van der Waals surface area contributed by atoms with Gasteiger partial charge in [-0.05, 0) is 0 Å². The van der Waals surface area contributed by atoms with Crippen LogP contribution in [0.25, 0.3) is 0 Å². The lowest BCUT2D eigenvalue weighted by atomic mass is 10.3. The Labute approximate surface area is 73.9 Å². The fraction of sp³-hybridized carbons (Fsp3) is 0.833. The Morgan fingerprint density at radius 1 is 1.67 bits per heavy atom. The first-order valence-corrected chi connectivity index (χ1v) is 4.95. The first kappa shape index (κ1) is 11.5. The van der Waals surface area contributed by atoms with Crippen LogP contribution in [-0.2, 0) is 20.3 Å². The van der Waals surface area contributed by atoms with Crippen molar-refractivity contribution in [3.8, 4) is 0 Å². The van der Waals surface area contributed by atoms with Gasteiger partial charge in [0.1, 0.15) is 0 Å². The molecule has 12 heavy (non-hydrogen) atoms. The van der Waals surface area contributed by atoms with Crippen molar-refractivity contribution >= 4 is 16.7 Å². The Hall–Kier alpha value is -0.460. The topological polar surface area (TPSA) is 95.4 Å². The zero-order chi connectivity index (χ0) is 9.56. The summed E-state index contributed by atoms with van der Waals surface area (Å²) in [5, 5.41) is 0. The van der Waals surface area contributed by atoms with E-state index in [1.165, 1.54) is 7.11 Å². The largest absolute Gasteiger partial charge is 0.384 e. The highest BCUT2D eigenvalue weighted by Crippen LogP contribution is 1.87. The molecule has 0 saturated carbocycles. The fourth-order valence-corrected chi connectivity index (χ4v) is 1.63. The molecule has 0 rings (SSSR count). The van der Waals surface area contributed by atoms with Crippen LogP contribution in [0.1, 0.15) is 0 Å². The predicted molar refractivity (Wildman–Crippen MR) is 46.9 cm³/mol. The van der Waals surface area contributed by atoms with Gasteiger partial charge in [-0.15, -0.1) is 0 Å². The number of nitrogens with two attached hydrogens (primary N) is 2. The quantitative estimate of drug-likeness (QED) is 0.521. The Morgan fingerprint density at radius 3 is 2.67 bits per heavy atom. The Bertz CT molecular complexity index is 174. The van der Waals surface area contributed by atoms with Gasteiger partial charge in [0.25, 0.3) is 0 Å². The van der Waals surface area contributed by atoms with Gasteiger partial charge in [0.15, 0.2) is 0 Å². The van der Waals surface area contributed by atoms with Crippen molar-refractivity contribution < 1.29 is 13.7 Å². The van der Waals surface area contributed by atoms with Gasteiger partial charge >= 0.3 is 0 Å². The normalized spacial score (nSPS) is 15.5. The van der Waals surface area contributed by atoms with Crippen molar-refractivity contribution in [2.24, 2.45) is 11.5 Å². The van der Waals surface area contributed by atoms with E-state index < -0.39 is 22.7 Å². The van der Waals surface area contributed by atoms with Gasteiger partial charge < -0.3 is 16.2 Å². The third-order valence-corrected chi connectivity index (χ3v) is 2.60. The SMILES string of the molecule is COCCS(=O)CC(N)C(N)=O. The molecule has 0 spiro atoms. The van der Waals surface area contributed by atoms with Crippen LogP contribution in [0, 0.1) is 0 Å². The van der Waals surface area contributed by atoms with Gasteiger partial charge in [-0.3, -0.25) is 9.00 Å². The molecule has 2 unspecified atom stereocenters. The molecule has 0 aliphatic carbocycles. The molecule has 0 aliphatic rings. The fourth-order valence-electron chi connectivity index (χ4n) is 0.542. The first-order valence-electron chi connectivity index (χ1n) is 3.46. The van der Waals surface area contributed by atoms with Gasteiger partial charge in [0.2, 0.25) is 5.91 Å². The summed E-state index contributed by atoms with van der Waals surface area (Å²) in [6.07, 6.45) is 0. The molecule has 5 nitrogen and oxygen atoms in total. The number of hydrogen-bond donors (Lipinski definition) is 2. The van der Waals surface area contributed by atoms with Crippen LogP contribution in [0.15, 0.2) is 0 Å². The summed E-state index contributed by atoms with van der Waals surface area (Å²) in [4.78, 5) is 10.4. The number of methoxy groups -OCH3 is 1. The van der Waals surface area contributed by atoms with Crippen LogP contribution in [0.5, 0.6) is 0 Å². The van der Waals surface area contributed by atoms with Gasteiger partial charge in [-0.25, -0.2) is 0 Å². The molecule has 0 bridgehead atoms. The zero-order valence-electron chi connectivity index (χ0n) is 6.99. The maximum atomic E-state index is 11.1. The van der Waals surface area contributed by atoms with Crippen LogP contribution >= 0.6 is 0 Å². The van der Waals surface area contributed by atoms with Crippen LogP contribution in [-0.4, -0.2) is 41.4 Å². The maximum absolute atomic E-state index is 11.1. The number of amides is 1. The second kappa shape index (κ2) is 6.10. The Kier molecular flexibility index (Phi) is 5.87. The lowest BCUT2D eigenvalue weighted by molar-refractivity contribution is -0.118. The summed E-state index contributed by atoms with van der Waals surface area (Å²) >= 11 is 0. The van der Waals surface area contributed by atoms with E-state index in [4.69, 9.17) is 16.2 Å². The molecule has 0 saturated heterocycles. The van der Waals surface area contributed by atoms with E-state index >= 15 is 0 Å². The third kappa shape index (κ3) is 5.22. The van der Waals surface area contributed by atoms with Crippen molar-refractivity contribution in [3.63, 3.8) is 0 Å². The van der Waals surface area contributed by atoms with Gasteiger partial charge in [0, 0.05) is 29.4 Å². The third-order valence-electron chi connectivity index (χ3n) is 1.25. The summed E-state index contributed by atoms with van der Waals surface area (Å²) in [6.45, 7) is 0.401. The average molecular weight is 194 g/mol. The molecule has 72 valence electrons. The number of ether oxygens (including phenoxy) is 1. The van der Waals surface area contributed by atoms with Gasteiger partial charge in [0.05, 0.1) is 12.6 Å². The summed E-state index contributed by atoms with van der Waals surface area (Å²) in [5.74, 6) is -0.128. The number of rotatable bonds is 6. The van der Waals surface area contributed by atoms with Gasteiger partial charge in [-0.1, -0.05) is 0 Å².